The third kappa shape index (κ3) is 3.34. The van der Waals surface area contributed by atoms with Crippen LogP contribution in [0.15, 0.2) is 47.6 Å². The van der Waals surface area contributed by atoms with Gasteiger partial charge in [-0.3, -0.25) is 0 Å². The lowest BCUT2D eigenvalue weighted by Crippen LogP contribution is -1.97. The van der Waals surface area contributed by atoms with Gasteiger partial charge in [0.2, 0.25) is 0 Å². The minimum absolute atomic E-state index is 0.453. The standard InChI is InChI=1S/C15H17NOS/c1-11-8-15(16-9-14(11)12(2)17)18-10-13-6-4-3-5-7-13/h3-9,12,17H,10H2,1-2H3/t12-/m0/s1. The van der Waals surface area contributed by atoms with Gasteiger partial charge in [-0.15, -0.1) is 11.8 Å². The maximum atomic E-state index is 9.56. The quantitative estimate of drug-likeness (QED) is 0.849. The summed E-state index contributed by atoms with van der Waals surface area (Å²) in [5, 5.41) is 10.6. The van der Waals surface area contributed by atoms with Gasteiger partial charge in [-0.25, -0.2) is 4.98 Å². The number of pyridine rings is 1. The van der Waals surface area contributed by atoms with Crippen LogP contribution in [-0.2, 0) is 5.75 Å². The summed E-state index contributed by atoms with van der Waals surface area (Å²) < 4.78 is 0. The van der Waals surface area contributed by atoms with Crippen LogP contribution in [0.5, 0.6) is 0 Å². The summed E-state index contributed by atoms with van der Waals surface area (Å²) in [5.74, 6) is 0.918. The van der Waals surface area contributed by atoms with Gasteiger partial charge in [-0.2, -0.15) is 0 Å². The summed E-state index contributed by atoms with van der Waals surface area (Å²) in [6, 6.07) is 12.4. The van der Waals surface area contributed by atoms with E-state index in [1.807, 2.05) is 31.2 Å². The molecule has 1 heterocycles. The van der Waals surface area contributed by atoms with E-state index >= 15 is 0 Å². The molecule has 0 radical (unpaired) electrons. The van der Waals surface area contributed by atoms with E-state index in [0.717, 1.165) is 21.9 Å². The van der Waals surface area contributed by atoms with Crippen molar-refractivity contribution in [1.29, 1.82) is 0 Å². The summed E-state index contributed by atoms with van der Waals surface area (Å²) in [5.41, 5.74) is 3.29. The number of benzene rings is 1. The monoisotopic (exact) mass is 259 g/mol. The summed E-state index contributed by atoms with van der Waals surface area (Å²) in [6.45, 7) is 3.77. The smallest absolute Gasteiger partial charge is 0.0965 e. The topological polar surface area (TPSA) is 33.1 Å². The van der Waals surface area contributed by atoms with Crippen molar-refractivity contribution in [1.82, 2.24) is 4.98 Å². The molecule has 94 valence electrons. The molecule has 0 bridgehead atoms. The van der Waals surface area contributed by atoms with Gasteiger partial charge in [0.05, 0.1) is 11.1 Å². The van der Waals surface area contributed by atoms with Crippen LogP contribution in [0.25, 0.3) is 0 Å². The number of nitrogens with zero attached hydrogens (tertiary/aromatic N) is 1. The van der Waals surface area contributed by atoms with Gasteiger partial charge in [0.15, 0.2) is 0 Å². The largest absolute Gasteiger partial charge is 0.389 e. The average molecular weight is 259 g/mol. The zero-order chi connectivity index (χ0) is 13.0. The second-order valence-corrected chi connectivity index (χ2v) is 5.33. The maximum absolute atomic E-state index is 9.56. The first-order chi connectivity index (χ1) is 8.66. The second kappa shape index (κ2) is 6.03. The molecule has 0 unspecified atom stereocenters. The van der Waals surface area contributed by atoms with Crippen molar-refractivity contribution >= 4 is 11.8 Å². The second-order valence-electron chi connectivity index (χ2n) is 4.33. The highest BCUT2D eigenvalue weighted by Crippen LogP contribution is 2.24. The van der Waals surface area contributed by atoms with E-state index in [1.165, 1.54) is 5.56 Å². The number of hydrogen-bond donors (Lipinski definition) is 1. The highest BCUT2D eigenvalue weighted by atomic mass is 32.2. The Labute approximate surface area is 112 Å². The molecule has 3 heteroatoms. The van der Waals surface area contributed by atoms with Crippen LogP contribution in [0.4, 0.5) is 0 Å². The van der Waals surface area contributed by atoms with E-state index in [0.29, 0.717) is 0 Å². The van der Waals surface area contributed by atoms with E-state index in [-0.39, 0.29) is 0 Å². The first kappa shape index (κ1) is 13.1. The molecule has 2 aromatic rings. The number of aromatic nitrogens is 1. The van der Waals surface area contributed by atoms with Gasteiger partial charge >= 0.3 is 0 Å². The molecule has 1 aromatic heterocycles. The Morgan fingerprint density at radius 2 is 2.00 bits per heavy atom. The van der Waals surface area contributed by atoms with E-state index in [4.69, 9.17) is 0 Å². The van der Waals surface area contributed by atoms with Crippen LogP contribution < -0.4 is 0 Å². The Morgan fingerprint density at radius 3 is 2.61 bits per heavy atom. The molecule has 0 aliphatic heterocycles. The number of aryl methyl sites for hydroxylation is 1. The van der Waals surface area contributed by atoms with Crippen molar-refractivity contribution in [2.75, 3.05) is 0 Å². The van der Waals surface area contributed by atoms with Crippen molar-refractivity contribution in [2.24, 2.45) is 0 Å². The van der Waals surface area contributed by atoms with Crippen molar-refractivity contribution in [3.05, 3.63) is 59.3 Å². The Hall–Kier alpha value is -1.32. The normalized spacial score (nSPS) is 12.4. The van der Waals surface area contributed by atoms with Crippen molar-refractivity contribution in [3.63, 3.8) is 0 Å². The highest BCUT2D eigenvalue weighted by molar-refractivity contribution is 7.98. The fourth-order valence-electron chi connectivity index (χ4n) is 1.79. The molecule has 1 N–H and O–H groups in total. The van der Waals surface area contributed by atoms with Crippen molar-refractivity contribution in [2.45, 2.75) is 30.7 Å². The number of aliphatic hydroxyl groups excluding tert-OH is 1. The Balaban J connectivity index is 2.05. The van der Waals surface area contributed by atoms with Crippen molar-refractivity contribution in [3.8, 4) is 0 Å². The fraction of sp³-hybridized carbons (Fsp3) is 0.267. The minimum Gasteiger partial charge on any atom is -0.389 e. The van der Waals surface area contributed by atoms with E-state index in [1.54, 1.807) is 24.9 Å². The summed E-state index contributed by atoms with van der Waals surface area (Å²) in [6.07, 6.45) is 1.32. The number of hydrogen-bond acceptors (Lipinski definition) is 3. The number of thioether (sulfide) groups is 1. The third-order valence-corrected chi connectivity index (χ3v) is 3.80. The lowest BCUT2D eigenvalue weighted by molar-refractivity contribution is 0.198. The molecule has 0 saturated heterocycles. The van der Waals surface area contributed by atoms with Crippen LogP contribution in [0, 0.1) is 6.92 Å². The van der Waals surface area contributed by atoms with Crippen LogP contribution >= 0.6 is 11.8 Å². The molecule has 1 atom stereocenters. The molecule has 0 aliphatic rings. The minimum atomic E-state index is -0.453. The molecular formula is C15H17NOS. The summed E-state index contributed by atoms with van der Waals surface area (Å²) >= 11 is 1.72. The number of rotatable bonds is 4. The molecule has 0 aliphatic carbocycles. The fourth-order valence-corrected chi connectivity index (χ4v) is 2.68. The van der Waals surface area contributed by atoms with Crippen LogP contribution in [-0.4, -0.2) is 10.1 Å². The van der Waals surface area contributed by atoms with Crippen LogP contribution in [0.2, 0.25) is 0 Å². The first-order valence-corrected chi connectivity index (χ1v) is 6.96. The van der Waals surface area contributed by atoms with Gasteiger partial charge in [-0.05, 0) is 31.0 Å². The summed E-state index contributed by atoms with van der Waals surface area (Å²) in [7, 11) is 0. The van der Waals surface area contributed by atoms with Gasteiger partial charge in [-0.1, -0.05) is 30.3 Å². The van der Waals surface area contributed by atoms with Crippen LogP contribution in [0.3, 0.4) is 0 Å². The maximum Gasteiger partial charge on any atom is 0.0965 e. The molecule has 1 aromatic carbocycles. The first-order valence-electron chi connectivity index (χ1n) is 5.98. The van der Waals surface area contributed by atoms with Gasteiger partial charge in [0.25, 0.3) is 0 Å². The zero-order valence-electron chi connectivity index (χ0n) is 10.6. The Morgan fingerprint density at radius 1 is 1.28 bits per heavy atom. The molecule has 0 fully saturated rings. The van der Waals surface area contributed by atoms with E-state index < -0.39 is 6.10 Å². The van der Waals surface area contributed by atoms with E-state index in [9.17, 15) is 5.11 Å². The third-order valence-electron chi connectivity index (χ3n) is 2.81. The van der Waals surface area contributed by atoms with Crippen molar-refractivity contribution < 1.29 is 5.11 Å². The summed E-state index contributed by atoms with van der Waals surface area (Å²) in [4.78, 5) is 4.38. The Kier molecular flexibility index (Phi) is 4.39. The van der Waals surface area contributed by atoms with Gasteiger partial charge in [0.1, 0.15) is 0 Å². The SMILES string of the molecule is Cc1cc(SCc2ccccc2)ncc1[C@H](C)O. The molecule has 18 heavy (non-hydrogen) atoms. The molecule has 2 rings (SSSR count). The molecular weight excluding hydrogens is 242 g/mol. The molecule has 0 saturated carbocycles. The predicted octanol–water partition coefficient (Wildman–Crippen LogP) is 3.74. The molecule has 0 amide bonds. The molecule has 2 nitrogen and oxygen atoms in total. The number of aliphatic hydroxyl groups is 1. The van der Waals surface area contributed by atoms with Gasteiger partial charge < -0.3 is 5.11 Å². The van der Waals surface area contributed by atoms with Gasteiger partial charge in [0, 0.05) is 17.5 Å². The Bertz CT molecular complexity index is 511. The molecule has 0 spiro atoms. The van der Waals surface area contributed by atoms with E-state index in [2.05, 4.69) is 17.1 Å². The lowest BCUT2D eigenvalue weighted by Gasteiger charge is -2.09. The predicted molar refractivity (Wildman–Crippen MR) is 75.6 cm³/mol. The van der Waals surface area contributed by atoms with Crippen LogP contribution in [0.1, 0.15) is 29.7 Å². The highest BCUT2D eigenvalue weighted by Gasteiger charge is 2.06. The average Bonchev–Trinajstić information content (AvgIpc) is 2.37. The lowest BCUT2D eigenvalue weighted by atomic mass is 10.1. The zero-order valence-corrected chi connectivity index (χ0v) is 11.4.